The summed E-state index contributed by atoms with van der Waals surface area (Å²) in [5.41, 5.74) is 1.03. The van der Waals surface area contributed by atoms with Crippen molar-refractivity contribution >= 4 is 28.3 Å². The molecular weight excluding hydrogens is 355 g/mol. The van der Waals surface area contributed by atoms with Crippen molar-refractivity contribution in [3.8, 4) is 0 Å². The van der Waals surface area contributed by atoms with Crippen LogP contribution in [0.4, 0.5) is 18.9 Å². The Labute approximate surface area is 152 Å². The van der Waals surface area contributed by atoms with Gasteiger partial charge in [-0.05, 0) is 29.8 Å². The van der Waals surface area contributed by atoms with E-state index in [1.165, 1.54) is 6.07 Å². The van der Waals surface area contributed by atoms with E-state index in [0.717, 1.165) is 16.0 Å². The number of pyridine rings is 1. The number of benzene rings is 2. The van der Waals surface area contributed by atoms with Gasteiger partial charge in [-0.15, -0.1) is 0 Å². The molecule has 0 fully saturated rings. The number of anilines is 1. The van der Waals surface area contributed by atoms with Crippen LogP contribution in [0.2, 0.25) is 0 Å². The maximum Gasteiger partial charge on any atom is 0.431 e. The summed E-state index contributed by atoms with van der Waals surface area (Å²) in [5, 5.41) is 2.68. The first kappa shape index (κ1) is 17.1. The minimum absolute atomic E-state index is 0.0624. The van der Waals surface area contributed by atoms with E-state index < -0.39 is 11.9 Å². The number of carbonyl (C=O) groups is 1. The standard InChI is InChI=1S/C20H14F3N3O/c21-20(22,23)17-11-10-15(24-18(27)12-13-6-2-1-3-7-13)19-25-14-8-4-5-9-16(14)26(17)19/h1-11H,12H2,(H,24,27). The number of aromatic nitrogens is 2. The molecule has 0 aliphatic carbocycles. The molecule has 0 saturated heterocycles. The molecule has 4 rings (SSSR count). The summed E-state index contributed by atoms with van der Waals surface area (Å²) in [4.78, 5) is 16.6. The topological polar surface area (TPSA) is 46.4 Å². The smallest absolute Gasteiger partial charge is 0.323 e. The molecule has 2 aromatic heterocycles. The average molecular weight is 369 g/mol. The van der Waals surface area contributed by atoms with Gasteiger partial charge in [-0.2, -0.15) is 13.2 Å². The molecule has 0 atom stereocenters. The highest BCUT2D eigenvalue weighted by molar-refractivity contribution is 5.97. The second kappa shape index (κ2) is 6.42. The van der Waals surface area contributed by atoms with E-state index in [2.05, 4.69) is 10.3 Å². The van der Waals surface area contributed by atoms with Gasteiger partial charge in [0.25, 0.3) is 0 Å². The van der Waals surface area contributed by atoms with Gasteiger partial charge in [-0.25, -0.2) is 4.98 Å². The van der Waals surface area contributed by atoms with Crippen LogP contribution >= 0.6 is 0 Å². The zero-order valence-electron chi connectivity index (χ0n) is 14.0. The van der Waals surface area contributed by atoms with Crippen molar-refractivity contribution in [2.45, 2.75) is 12.6 Å². The van der Waals surface area contributed by atoms with Crippen molar-refractivity contribution in [2.75, 3.05) is 5.32 Å². The fourth-order valence-electron chi connectivity index (χ4n) is 3.06. The molecule has 0 unspecified atom stereocenters. The molecule has 0 radical (unpaired) electrons. The third-order valence-electron chi connectivity index (χ3n) is 4.22. The van der Waals surface area contributed by atoms with Gasteiger partial charge < -0.3 is 5.32 Å². The minimum Gasteiger partial charge on any atom is -0.323 e. The Hall–Kier alpha value is -3.35. The molecule has 2 aromatic carbocycles. The van der Waals surface area contributed by atoms with E-state index in [1.54, 1.807) is 24.3 Å². The second-order valence-corrected chi connectivity index (χ2v) is 6.10. The van der Waals surface area contributed by atoms with E-state index in [4.69, 9.17) is 0 Å². The molecule has 2 heterocycles. The summed E-state index contributed by atoms with van der Waals surface area (Å²) in [5.74, 6) is -0.324. The van der Waals surface area contributed by atoms with Crippen LogP contribution in [0.3, 0.4) is 0 Å². The number of nitrogens with one attached hydrogen (secondary N) is 1. The highest BCUT2D eigenvalue weighted by Gasteiger charge is 2.34. The van der Waals surface area contributed by atoms with Crippen LogP contribution in [0, 0.1) is 0 Å². The van der Waals surface area contributed by atoms with Gasteiger partial charge in [0.1, 0.15) is 5.69 Å². The zero-order chi connectivity index (χ0) is 19.0. The summed E-state index contributed by atoms with van der Waals surface area (Å²) in [7, 11) is 0. The molecular formula is C20H14F3N3O. The summed E-state index contributed by atoms with van der Waals surface area (Å²) in [6, 6.07) is 17.9. The Kier molecular flexibility index (Phi) is 4.07. The van der Waals surface area contributed by atoms with E-state index in [-0.39, 0.29) is 23.7 Å². The van der Waals surface area contributed by atoms with Crippen LogP contribution in [-0.2, 0) is 17.4 Å². The summed E-state index contributed by atoms with van der Waals surface area (Å²) in [6.07, 6.45) is -4.43. The van der Waals surface area contributed by atoms with Crippen LogP contribution in [0.15, 0.2) is 66.7 Å². The first-order valence-electron chi connectivity index (χ1n) is 8.24. The minimum atomic E-state index is -4.55. The lowest BCUT2D eigenvalue weighted by Crippen LogP contribution is -2.17. The Morgan fingerprint density at radius 2 is 1.67 bits per heavy atom. The first-order chi connectivity index (χ1) is 12.9. The quantitative estimate of drug-likeness (QED) is 0.570. The number of para-hydroxylation sites is 2. The van der Waals surface area contributed by atoms with Crippen LogP contribution in [-0.4, -0.2) is 15.3 Å². The number of halogens is 3. The van der Waals surface area contributed by atoms with Crippen molar-refractivity contribution in [1.82, 2.24) is 9.38 Å². The molecule has 4 nitrogen and oxygen atoms in total. The van der Waals surface area contributed by atoms with E-state index in [9.17, 15) is 18.0 Å². The lowest BCUT2D eigenvalue weighted by atomic mass is 10.1. The highest BCUT2D eigenvalue weighted by Crippen LogP contribution is 2.34. The number of carbonyl (C=O) groups excluding carboxylic acids is 1. The summed E-state index contributed by atoms with van der Waals surface area (Å²) >= 11 is 0. The Morgan fingerprint density at radius 1 is 0.963 bits per heavy atom. The fraction of sp³-hybridized carbons (Fsp3) is 0.100. The van der Waals surface area contributed by atoms with Crippen molar-refractivity contribution in [3.63, 3.8) is 0 Å². The SMILES string of the molecule is O=C(Cc1ccccc1)Nc1ccc(C(F)(F)F)n2c1nc1ccccc12. The lowest BCUT2D eigenvalue weighted by molar-refractivity contribution is -0.141. The Bertz CT molecular complexity index is 1130. The van der Waals surface area contributed by atoms with Crippen LogP contribution < -0.4 is 5.32 Å². The number of imidazole rings is 1. The number of hydrogen-bond acceptors (Lipinski definition) is 2. The molecule has 0 aliphatic rings. The number of alkyl halides is 3. The van der Waals surface area contributed by atoms with Crippen molar-refractivity contribution in [3.05, 3.63) is 78.0 Å². The molecule has 0 saturated carbocycles. The van der Waals surface area contributed by atoms with Gasteiger partial charge in [-0.3, -0.25) is 9.20 Å². The van der Waals surface area contributed by atoms with Crippen molar-refractivity contribution < 1.29 is 18.0 Å². The second-order valence-electron chi connectivity index (χ2n) is 6.10. The number of fused-ring (bicyclic) bond motifs is 3. The van der Waals surface area contributed by atoms with E-state index in [1.807, 2.05) is 30.3 Å². The van der Waals surface area contributed by atoms with Crippen LogP contribution in [0.1, 0.15) is 11.3 Å². The van der Waals surface area contributed by atoms with Gasteiger partial charge in [-0.1, -0.05) is 42.5 Å². The predicted octanol–water partition coefficient (Wildman–Crippen LogP) is 4.69. The highest BCUT2D eigenvalue weighted by atomic mass is 19.4. The predicted molar refractivity (Wildman–Crippen MR) is 96.5 cm³/mol. The number of nitrogens with zero attached hydrogens (tertiary/aromatic N) is 2. The third-order valence-corrected chi connectivity index (χ3v) is 4.22. The van der Waals surface area contributed by atoms with Gasteiger partial charge in [0.05, 0.1) is 23.1 Å². The van der Waals surface area contributed by atoms with Gasteiger partial charge in [0.15, 0.2) is 5.65 Å². The fourth-order valence-corrected chi connectivity index (χ4v) is 3.06. The lowest BCUT2D eigenvalue weighted by Gasteiger charge is -2.13. The number of rotatable bonds is 3. The number of amides is 1. The normalized spacial score (nSPS) is 11.8. The average Bonchev–Trinajstić information content (AvgIpc) is 3.02. The van der Waals surface area contributed by atoms with Crippen molar-refractivity contribution in [2.24, 2.45) is 0 Å². The van der Waals surface area contributed by atoms with Gasteiger partial charge in [0.2, 0.25) is 5.91 Å². The van der Waals surface area contributed by atoms with E-state index in [0.29, 0.717) is 11.0 Å². The molecule has 136 valence electrons. The Balaban J connectivity index is 1.79. The van der Waals surface area contributed by atoms with Crippen molar-refractivity contribution in [1.29, 1.82) is 0 Å². The molecule has 4 aromatic rings. The molecule has 1 N–H and O–H groups in total. The Morgan fingerprint density at radius 3 is 2.41 bits per heavy atom. The summed E-state index contributed by atoms with van der Waals surface area (Å²) in [6.45, 7) is 0. The molecule has 0 spiro atoms. The molecule has 0 aliphatic heterocycles. The number of hydrogen-bond donors (Lipinski definition) is 1. The largest absolute Gasteiger partial charge is 0.431 e. The molecule has 1 amide bonds. The van der Waals surface area contributed by atoms with Crippen LogP contribution in [0.25, 0.3) is 16.7 Å². The monoisotopic (exact) mass is 369 g/mol. The molecule has 0 bridgehead atoms. The third kappa shape index (κ3) is 3.23. The van der Waals surface area contributed by atoms with E-state index >= 15 is 0 Å². The molecule has 27 heavy (non-hydrogen) atoms. The van der Waals surface area contributed by atoms with Crippen LogP contribution in [0.5, 0.6) is 0 Å². The summed E-state index contributed by atoms with van der Waals surface area (Å²) < 4.78 is 41.4. The first-order valence-corrected chi connectivity index (χ1v) is 8.24. The van der Waals surface area contributed by atoms with Gasteiger partial charge in [0, 0.05) is 0 Å². The van der Waals surface area contributed by atoms with Gasteiger partial charge >= 0.3 is 6.18 Å². The molecule has 7 heteroatoms. The maximum atomic E-state index is 13.5. The maximum absolute atomic E-state index is 13.5. The zero-order valence-corrected chi connectivity index (χ0v) is 14.0.